The Morgan fingerprint density at radius 3 is 2.52 bits per heavy atom. The van der Waals surface area contributed by atoms with Gasteiger partial charge in [-0.25, -0.2) is 4.79 Å². The van der Waals surface area contributed by atoms with E-state index in [9.17, 15) is 9.59 Å². The fourth-order valence-corrected chi connectivity index (χ4v) is 2.17. The number of nitrogens with zero attached hydrogens (tertiary/aromatic N) is 1. The first-order chi connectivity index (χ1) is 10.1. The van der Waals surface area contributed by atoms with Crippen LogP contribution in [-0.2, 0) is 20.8 Å². The summed E-state index contributed by atoms with van der Waals surface area (Å²) in [5, 5.41) is 0.780. The number of carbonyl (C=O) groups is 2. The molecule has 1 aromatic carbocycles. The lowest BCUT2D eigenvalue weighted by atomic mass is 10.2. The largest absolute Gasteiger partial charge is 0.465 e. The Labute approximate surface area is 122 Å². The number of benzene rings is 1. The zero-order chi connectivity index (χ0) is 15.4. The van der Waals surface area contributed by atoms with Crippen LogP contribution in [0.5, 0.6) is 0 Å². The van der Waals surface area contributed by atoms with E-state index < -0.39 is 11.9 Å². The Kier molecular flexibility index (Phi) is 4.47. The molecule has 0 amide bonds. The van der Waals surface area contributed by atoms with Gasteiger partial charge in [0.25, 0.3) is 0 Å². The number of fused-ring (bicyclic) bond motifs is 1. The lowest BCUT2D eigenvalue weighted by Gasteiger charge is -2.09. The van der Waals surface area contributed by atoms with E-state index in [2.05, 4.69) is 0 Å². The van der Waals surface area contributed by atoms with Crippen LogP contribution in [-0.4, -0.2) is 29.7 Å². The van der Waals surface area contributed by atoms with E-state index >= 15 is 0 Å². The van der Waals surface area contributed by atoms with E-state index in [1.54, 1.807) is 42.7 Å². The summed E-state index contributed by atoms with van der Waals surface area (Å²) in [5.41, 5.74) is 7.39. The minimum atomic E-state index is -0.475. The first-order valence-electron chi connectivity index (χ1n) is 6.78. The van der Waals surface area contributed by atoms with Crippen LogP contribution in [0.3, 0.4) is 0 Å². The second kappa shape index (κ2) is 6.30. The minimum Gasteiger partial charge on any atom is -0.465 e. The van der Waals surface area contributed by atoms with Crippen molar-refractivity contribution in [3.63, 3.8) is 0 Å². The van der Waals surface area contributed by atoms with Gasteiger partial charge in [0.1, 0.15) is 12.2 Å². The number of anilines is 1. The SMILES string of the molecule is CCOC(=O)Cn1c(C(=O)OCC)cc2cc(N)ccc21. The van der Waals surface area contributed by atoms with Crippen LogP contribution < -0.4 is 5.73 Å². The number of nitrogen functional groups attached to an aromatic ring is 1. The second-order valence-corrected chi connectivity index (χ2v) is 4.46. The molecule has 2 rings (SSSR count). The smallest absolute Gasteiger partial charge is 0.354 e. The highest BCUT2D eigenvalue weighted by atomic mass is 16.5. The molecule has 0 unspecified atom stereocenters. The number of ether oxygens (including phenoxy) is 2. The highest BCUT2D eigenvalue weighted by molar-refractivity contribution is 5.97. The quantitative estimate of drug-likeness (QED) is 0.672. The lowest BCUT2D eigenvalue weighted by Crippen LogP contribution is -2.18. The summed E-state index contributed by atoms with van der Waals surface area (Å²) in [6, 6.07) is 6.91. The molecule has 6 nitrogen and oxygen atoms in total. The number of esters is 2. The zero-order valence-electron chi connectivity index (χ0n) is 12.1. The van der Waals surface area contributed by atoms with Gasteiger partial charge in [0.15, 0.2) is 0 Å². The summed E-state index contributed by atoms with van der Waals surface area (Å²) in [7, 11) is 0. The number of carbonyl (C=O) groups excluding carboxylic acids is 2. The molecular weight excluding hydrogens is 272 g/mol. The van der Waals surface area contributed by atoms with Gasteiger partial charge in [-0.2, -0.15) is 0 Å². The van der Waals surface area contributed by atoms with E-state index in [4.69, 9.17) is 15.2 Å². The van der Waals surface area contributed by atoms with Crippen molar-refractivity contribution in [1.82, 2.24) is 4.57 Å². The van der Waals surface area contributed by atoms with E-state index in [0.29, 0.717) is 18.0 Å². The molecule has 0 aliphatic heterocycles. The van der Waals surface area contributed by atoms with Crippen molar-refractivity contribution in [1.29, 1.82) is 0 Å². The molecule has 112 valence electrons. The molecule has 2 N–H and O–H groups in total. The van der Waals surface area contributed by atoms with E-state index in [1.165, 1.54) is 0 Å². The lowest BCUT2D eigenvalue weighted by molar-refractivity contribution is -0.143. The standard InChI is InChI=1S/C15H18N2O4/c1-3-20-14(18)9-17-12-6-5-11(16)7-10(12)8-13(17)15(19)21-4-2/h5-8H,3-4,9,16H2,1-2H3. The molecule has 0 aliphatic rings. The summed E-state index contributed by atoms with van der Waals surface area (Å²) in [6.45, 7) is 3.98. The van der Waals surface area contributed by atoms with Crippen LogP contribution in [0.2, 0.25) is 0 Å². The summed E-state index contributed by atoms with van der Waals surface area (Å²) < 4.78 is 11.6. The molecule has 6 heteroatoms. The fourth-order valence-electron chi connectivity index (χ4n) is 2.17. The van der Waals surface area contributed by atoms with Crippen molar-refractivity contribution in [2.45, 2.75) is 20.4 Å². The molecule has 2 aromatic rings. The van der Waals surface area contributed by atoms with Crippen molar-refractivity contribution in [3.05, 3.63) is 30.0 Å². The fraction of sp³-hybridized carbons (Fsp3) is 0.333. The number of hydrogen-bond donors (Lipinski definition) is 1. The molecule has 0 aliphatic carbocycles. The summed E-state index contributed by atoms with van der Waals surface area (Å²) >= 11 is 0. The molecule has 0 atom stereocenters. The average molecular weight is 290 g/mol. The van der Waals surface area contributed by atoms with E-state index in [0.717, 1.165) is 10.9 Å². The maximum absolute atomic E-state index is 12.0. The summed E-state index contributed by atoms with van der Waals surface area (Å²) in [5.74, 6) is -0.881. The molecule has 0 radical (unpaired) electrons. The van der Waals surface area contributed by atoms with Crippen LogP contribution in [0.1, 0.15) is 24.3 Å². The third kappa shape index (κ3) is 3.16. The number of hydrogen-bond acceptors (Lipinski definition) is 5. The molecule has 1 heterocycles. The Morgan fingerprint density at radius 2 is 1.86 bits per heavy atom. The topological polar surface area (TPSA) is 83.5 Å². The molecule has 0 saturated heterocycles. The second-order valence-electron chi connectivity index (χ2n) is 4.46. The molecule has 21 heavy (non-hydrogen) atoms. The summed E-state index contributed by atoms with van der Waals surface area (Å²) in [4.78, 5) is 23.8. The van der Waals surface area contributed by atoms with Crippen LogP contribution in [0.4, 0.5) is 5.69 Å². The Balaban J connectivity index is 2.49. The number of aromatic nitrogens is 1. The zero-order valence-corrected chi connectivity index (χ0v) is 12.1. The number of rotatable bonds is 5. The van der Waals surface area contributed by atoms with Gasteiger partial charge < -0.3 is 19.8 Å². The molecule has 0 fully saturated rings. The van der Waals surface area contributed by atoms with Gasteiger partial charge in [0.05, 0.1) is 13.2 Å². The molecule has 0 spiro atoms. The minimum absolute atomic E-state index is 0.0462. The van der Waals surface area contributed by atoms with Gasteiger partial charge in [-0.05, 0) is 38.1 Å². The van der Waals surface area contributed by atoms with Gasteiger partial charge in [-0.15, -0.1) is 0 Å². The Bertz CT molecular complexity index is 676. The van der Waals surface area contributed by atoms with Gasteiger partial charge in [0, 0.05) is 16.6 Å². The maximum atomic E-state index is 12.0. The maximum Gasteiger partial charge on any atom is 0.354 e. The van der Waals surface area contributed by atoms with Crippen molar-refractivity contribution < 1.29 is 19.1 Å². The third-order valence-corrected chi connectivity index (χ3v) is 3.00. The van der Waals surface area contributed by atoms with Crippen molar-refractivity contribution in [2.24, 2.45) is 0 Å². The molecule has 0 bridgehead atoms. The predicted molar refractivity (Wildman–Crippen MR) is 78.9 cm³/mol. The molecular formula is C15H18N2O4. The van der Waals surface area contributed by atoms with Gasteiger partial charge in [-0.1, -0.05) is 0 Å². The van der Waals surface area contributed by atoms with Crippen molar-refractivity contribution in [2.75, 3.05) is 18.9 Å². The first kappa shape index (κ1) is 14.9. The van der Waals surface area contributed by atoms with Crippen LogP contribution in [0.15, 0.2) is 24.3 Å². The van der Waals surface area contributed by atoms with Crippen molar-refractivity contribution >= 4 is 28.5 Å². The van der Waals surface area contributed by atoms with Crippen LogP contribution >= 0.6 is 0 Å². The predicted octanol–water partition coefficient (Wildman–Crippen LogP) is 1.96. The van der Waals surface area contributed by atoms with Crippen LogP contribution in [0.25, 0.3) is 10.9 Å². The van der Waals surface area contributed by atoms with E-state index in [-0.39, 0.29) is 13.2 Å². The average Bonchev–Trinajstić information content (AvgIpc) is 2.77. The molecule has 1 aromatic heterocycles. The molecule has 0 saturated carbocycles. The Morgan fingerprint density at radius 1 is 1.14 bits per heavy atom. The van der Waals surface area contributed by atoms with Gasteiger partial charge >= 0.3 is 11.9 Å². The van der Waals surface area contributed by atoms with Gasteiger partial charge in [-0.3, -0.25) is 4.79 Å². The summed E-state index contributed by atoms with van der Waals surface area (Å²) in [6.07, 6.45) is 0. The third-order valence-electron chi connectivity index (χ3n) is 3.00. The first-order valence-corrected chi connectivity index (χ1v) is 6.78. The van der Waals surface area contributed by atoms with Crippen molar-refractivity contribution in [3.8, 4) is 0 Å². The Hall–Kier alpha value is -2.50. The van der Waals surface area contributed by atoms with E-state index in [1.807, 2.05) is 0 Å². The van der Waals surface area contributed by atoms with Gasteiger partial charge in [0.2, 0.25) is 0 Å². The monoisotopic (exact) mass is 290 g/mol. The highest BCUT2D eigenvalue weighted by Gasteiger charge is 2.19. The highest BCUT2D eigenvalue weighted by Crippen LogP contribution is 2.23. The number of nitrogens with two attached hydrogens (primary N) is 1. The van der Waals surface area contributed by atoms with Crippen LogP contribution in [0, 0.1) is 0 Å². The normalized spacial score (nSPS) is 10.6.